The van der Waals surface area contributed by atoms with Crippen molar-refractivity contribution in [3.8, 4) is 40.4 Å². The molecule has 0 saturated heterocycles. The number of hydrogen-bond acceptors (Lipinski definition) is 19. The lowest BCUT2D eigenvalue weighted by Crippen LogP contribution is -2.13. The van der Waals surface area contributed by atoms with E-state index in [1.54, 1.807) is 91.7 Å². The van der Waals surface area contributed by atoms with Crippen LogP contribution in [0.25, 0.3) is 25.7 Å². The second-order valence-electron chi connectivity index (χ2n) is 29.5. The number of fused-ring (bicyclic) bond motifs is 6. The molecule has 6 aliphatic carbocycles. The fourth-order valence-corrected chi connectivity index (χ4v) is 15.8. The fourth-order valence-electron chi connectivity index (χ4n) is 15.7. The fraction of sp³-hybridized carbons (Fsp3) is 0.388. The lowest BCUT2D eigenvalue weighted by molar-refractivity contribution is -0.141. The van der Waals surface area contributed by atoms with Gasteiger partial charge < -0.3 is 76.5 Å². The number of benzene rings is 7. The van der Waals surface area contributed by atoms with E-state index < -0.39 is 29.7 Å². The highest BCUT2D eigenvalue weighted by Gasteiger charge is 2.28. The molecule has 25 heteroatoms. The van der Waals surface area contributed by atoms with Crippen LogP contribution in [-0.2, 0) is 67.1 Å². The van der Waals surface area contributed by atoms with Crippen molar-refractivity contribution in [2.45, 2.75) is 173 Å². The number of methoxy groups -OCH3 is 4. The summed E-state index contributed by atoms with van der Waals surface area (Å²) < 4.78 is 41.0. The Bertz CT molecular complexity index is 4960. The van der Waals surface area contributed by atoms with Crippen LogP contribution in [0.3, 0.4) is 0 Å². The number of aryl methyl sites for hydroxylation is 6. The number of Topliss-reactive ketones (excluding diaryl/α,β-unsaturated/α-hetero) is 1. The molecule has 0 fully saturated rings. The summed E-state index contributed by atoms with van der Waals surface area (Å²) in [5, 5.41) is 9.98. The summed E-state index contributed by atoms with van der Waals surface area (Å²) in [7, 11) is 6.63. The number of nitrogens with zero attached hydrogens (tertiary/aromatic N) is 4. The van der Waals surface area contributed by atoms with Gasteiger partial charge in [0.05, 0.1) is 67.0 Å². The number of pyridine rings is 1. The van der Waals surface area contributed by atoms with E-state index >= 15 is 0 Å². The SMILES string of the molecule is COc1ccc2c(c1)CCCC2=O.COc1ccc2c(c1)CCCC2CCN.NC(=O)c1ccc(Cl)cc1.NCCC1CCCc2cc(O)ccc21.NCCC1CCCc2cc(Oc3ccc(C(N)=O)cn3)ccc21.[C-]#[N+]C(C(=O)OCC)=C1CCCc2cc(OC)ccc21.[C-]#[N+]C(C(=O)OCC)=C1CCCc2cc(OC)ccc21.[C-]#[N+]CC(=O)OCC. The number of ketones is 1. The molecule has 1 aromatic heterocycles. The zero-order valence-corrected chi connectivity index (χ0v) is 72.4. The van der Waals surface area contributed by atoms with Gasteiger partial charge >= 0.3 is 24.5 Å². The van der Waals surface area contributed by atoms with Gasteiger partial charge in [0.2, 0.25) is 17.7 Å². The molecule has 0 saturated carbocycles. The van der Waals surface area contributed by atoms with Crippen LogP contribution >= 0.6 is 11.6 Å². The van der Waals surface area contributed by atoms with E-state index in [-0.39, 0.29) is 36.9 Å². The molecule has 3 atom stereocenters. The molecule has 0 aliphatic heterocycles. The summed E-state index contributed by atoms with van der Waals surface area (Å²) in [4.78, 5) is 80.7. The van der Waals surface area contributed by atoms with Gasteiger partial charge in [-0.15, -0.1) is 0 Å². The molecular formula is C98H116ClN9O15. The van der Waals surface area contributed by atoms with Gasteiger partial charge in [-0.2, -0.15) is 0 Å². The number of carbonyl (C=O) groups excluding carboxylic acids is 6. The summed E-state index contributed by atoms with van der Waals surface area (Å²) in [6.45, 7) is 29.0. The minimum Gasteiger partial charge on any atom is -0.508 e. The largest absolute Gasteiger partial charge is 0.508 e. The molecule has 123 heavy (non-hydrogen) atoms. The summed E-state index contributed by atoms with van der Waals surface area (Å²) in [6, 6.07) is 45.3. The molecule has 0 radical (unpaired) electrons. The van der Waals surface area contributed by atoms with Gasteiger partial charge in [-0.05, 0) is 368 Å². The number of amides is 2. The lowest BCUT2D eigenvalue weighted by Gasteiger charge is -2.25. The summed E-state index contributed by atoms with van der Waals surface area (Å²) >= 11 is 5.56. The molecule has 14 rings (SSSR count). The van der Waals surface area contributed by atoms with Crippen LogP contribution < -0.4 is 52.4 Å². The first-order valence-electron chi connectivity index (χ1n) is 41.9. The van der Waals surface area contributed by atoms with Crippen LogP contribution in [0.4, 0.5) is 0 Å². The summed E-state index contributed by atoms with van der Waals surface area (Å²) in [6.07, 6.45) is 23.3. The molecule has 650 valence electrons. The number of aromatic nitrogens is 1. The first-order valence-corrected chi connectivity index (χ1v) is 42.2. The molecule has 6 aliphatic rings. The van der Waals surface area contributed by atoms with Gasteiger partial charge in [0.25, 0.3) is 11.4 Å². The number of halogens is 1. The Morgan fingerprint density at radius 2 is 0.821 bits per heavy atom. The van der Waals surface area contributed by atoms with Crippen molar-refractivity contribution in [1.29, 1.82) is 0 Å². The van der Waals surface area contributed by atoms with Gasteiger partial charge in [-0.1, -0.05) is 41.9 Å². The average molecular weight is 1700 g/mol. The van der Waals surface area contributed by atoms with E-state index in [2.05, 4.69) is 60.7 Å². The number of phenolic OH excluding ortho intramolecular Hbond substituents is 1. The van der Waals surface area contributed by atoms with Crippen molar-refractivity contribution < 1.29 is 71.8 Å². The lowest BCUT2D eigenvalue weighted by atomic mass is 9.81. The van der Waals surface area contributed by atoms with Crippen molar-refractivity contribution in [3.05, 3.63) is 280 Å². The van der Waals surface area contributed by atoms with Crippen LogP contribution in [0.2, 0.25) is 5.02 Å². The topological polar surface area (TPSA) is 353 Å². The molecule has 0 spiro atoms. The Balaban J connectivity index is 0.000000197. The minimum atomic E-state index is -0.527. The van der Waals surface area contributed by atoms with Crippen molar-refractivity contribution in [2.75, 3.05) is 74.4 Å². The molecule has 7 aromatic carbocycles. The Labute approximate surface area is 728 Å². The third kappa shape index (κ3) is 29.7. The number of primary amides is 2. The summed E-state index contributed by atoms with van der Waals surface area (Å²) in [5.41, 5.74) is 44.4. The van der Waals surface area contributed by atoms with Gasteiger partial charge in [0.15, 0.2) is 5.78 Å². The Hall–Kier alpha value is -12.4. The molecule has 24 nitrogen and oxygen atoms in total. The molecule has 2 amide bonds. The van der Waals surface area contributed by atoms with E-state index in [0.717, 1.165) is 176 Å². The van der Waals surface area contributed by atoms with Gasteiger partial charge in [0, 0.05) is 34.8 Å². The number of esters is 3. The normalized spacial score (nSPS) is 15.9. The molecule has 1 heterocycles. The van der Waals surface area contributed by atoms with Crippen molar-refractivity contribution in [1.82, 2.24) is 4.98 Å². The number of rotatable bonds is 20. The highest BCUT2D eigenvalue weighted by molar-refractivity contribution is 6.30. The predicted molar refractivity (Wildman–Crippen MR) is 479 cm³/mol. The van der Waals surface area contributed by atoms with Crippen molar-refractivity contribution >= 4 is 58.3 Å². The minimum absolute atomic E-state index is 0.109. The van der Waals surface area contributed by atoms with Crippen LogP contribution in [0, 0.1) is 19.7 Å². The number of aromatic hydroxyl groups is 1. The number of hydrogen-bond donors (Lipinski definition) is 6. The molecular weight excluding hydrogens is 1580 g/mol. The second kappa shape index (κ2) is 52.1. The number of carbonyl (C=O) groups is 6. The quantitative estimate of drug-likeness (QED) is 0.0179. The van der Waals surface area contributed by atoms with E-state index in [4.69, 9.17) is 93.1 Å². The Morgan fingerprint density at radius 3 is 1.22 bits per heavy atom. The molecule has 11 N–H and O–H groups in total. The van der Waals surface area contributed by atoms with Gasteiger partial charge in [-0.3, -0.25) is 24.0 Å². The molecule has 0 bridgehead atoms. The number of nitrogens with two attached hydrogens (primary N) is 5. The monoisotopic (exact) mass is 1690 g/mol. The number of phenols is 1. The first-order chi connectivity index (χ1) is 59.6. The highest BCUT2D eigenvalue weighted by Crippen LogP contribution is 2.41. The van der Waals surface area contributed by atoms with Crippen LogP contribution in [0.15, 0.2) is 163 Å². The zero-order valence-electron chi connectivity index (χ0n) is 71.7. The Morgan fingerprint density at radius 1 is 0.447 bits per heavy atom. The van der Waals surface area contributed by atoms with Crippen molar-refractivity contribution in [3.63, 3.8) is 0 Å². The maximum atomic E-state index is 11.9. The first kappa shape index (κ1) is 97.7. The maximum Gasteiger partial charge on any atom is 0.387 e. The zero-order chi connectivity index (χ0) is 89.2. The second-order valence-corrected chi connectivity index (χ2v) is 30.0. The average Bonchev–Trinajstić information content (AvgIpc) is 0.796. The van der Waals surface area contributed by atoms with Gasteiger partial charge in [-0.25, -0.2) is 26.0 Å². The van der Waals surface area contributed by atoms with E-state index in [9.17, 15) is 33.9 Å². The smallest absolute Gasteiger partial charge is 0.387 e. The Kier molecular flexibility index (Phi) is 41.4. The van der Waals surface area contributed by atoms with Crippen LogP contribution in [0.1, 0.15) is 227 Å². The predicted octanol–water partition coefficient (Wildman–Crippen LogP) is 17.9. The van der Waals surface area contributed by atoms with Crippen molar-refractivity contribution in [2.24, 2.45) is 28.7 Å². The number of allylic oxidation sites excluding steroid dienone is 2. The maximum absolute atomic E-state index is 11.9. The third-order valence-corrected chi connectivity index (χ3v) is 21.8. The number of ether oxygens (including phenoxy) is 8. The van der Waals surface area contributed by atoms with Crippen LogP contribution in [-0.4, -0.2) is 120 Å². The standard InChI is InChI=1S/C18H21N3O2.2C16H17NO3.C13H19NO.C12H17NO.C11H12O2.C7H6ClNO.C5H7NO2/c19-9-8-12-2-1-3-13-10-15(5-6-16(12)13)23-17-7-4-14(11-21-17)18(20)22;2*1-4-20-16(18)15(17-2)14-7-5-6-11-10-12(19-3)8-9-13(11)14;1-15-12-5-6-13-10(7-8-14)3-2-4-11(13)9-12;13-7-6-9-2-1-3-10-8-11(14)4-5-12(9)10;1-13-9-5-6-10-8(7-9)3-2-4-11(10)12;8-6-3-1-5(2-4-6)7(9)10;1-3-8-5(7)4-6-2/h4-7,10-12H,1-3,8-9,19H2,(H2,20,22);2*8-10H,4-7H2,1,3H3;5-6,9-10H,2-4,7-8,14H2,1H3;4-5,8-9,14H,1-3,6-7,13H2;5-7H,2-4H2,1H3;1-4H,(H2,9,10);3-4H2,1H3. The molecule has 3 unspecified atom stereocenters. The van der Waals surface area contributed by atoms with Gasteiger partial charge in [0.1, 0.15) is 34.5 Å². The van der Waals surface area contributed by atoms with E-state index in [1.165, 1.54) is 84.5 Å². The third-order valence-electron chi connectivity index (χ3n) is 21.6. The highest BCUT2D eigenvalue weighted by atomic mass is 35.5. The summed E-state index contributed by atoms with van der Waals surface area (Å²) in [5.74, 6) is 4.69. The van der Waals surface area contributed by atoms with E-state index in [0.29, 0.717) is 58.6 Å². The molecule has 8 aromatic rings. The van der Waals surface area contributed by atoms with Crippen LogP contribution in [0.5, 0.6) is 40.4 Å². The van der Waals surface area contributed by atoms with E-state index in [1.807, 2.05) is 66.7 Å².